The number of benzene rings is 1. The summed E-state index contributed by atoms with van der Waals surface area (Å²) in [6.07, 6.45) is 1.65. The average Bonchev–Trinajstić information content (AvgIpc) is 2.66. The van der Waals surface area contributed by atoms with Crippen LogP contribution in [0.1, 0.15) is 78.1 Å². The number of carboxylic acid groups (broad SMARTS) is 1. The van der Waals surface area contributed by atoms with Crippen LogP contribution in [0.3, 0.4) is 0 Å². The highest BCUT2D eigenvalue weighted by Gasteiger charge is 2.25. The molecule has 4 N–H and O–H groups in total. The van der Waals surface area contributed by atoms with Crippen LogP contribution < -0.4 is 11.1 Å². The Balaban J connectivity index is 2.83. The van der Waals surface area contributed by atoms with Gasteiger partial charge in [-0.1, -0.05) is 27.7 Å². The first-order valence-electron chi connectivity index (χ1n) is 11.8. The molecule has 0 unspecified atom stereocenters. The summed E-state index contributed by atoms with van der Waals surface area (Å²) in [5.74, 6) is 1.09. The molecule has 0 aliphatic heterocycles. The molecule has 2 amide bonds. The zero-order chi connectivity index (χ0) is 24.5. The molecule has 0 aliphatic rings. The smallest absolute Gasteiger partial charge is 0.407 e. The van der Waals surface area contributed by atoms with Gasteiger partial charge in [-0.25, -0.2) is 4.79 Å². The molecule has 182 valence electrons. The van der Waals surface area contributed by atoms with Gasteiger partial charge in [-0.2, -0.15) is 0 Å². The van der Waals surface area contributed by atoms with E-state index in [0.29, 0.717) is 48.3 Å². The summed E-state index contributed by atoms with van der Waals surface area (Å²) >= 11 is 0. The first kappa shape index (κ1) is 27.6. The van der Waals surface area contributed by atoms with Gasteiger partial charge in [-0.15, -0.1) is 0 Å². The van der Waals surface area contributed by atoms with Crippen LogP contribution in [0.5, 0.6) is 0 Å². The molecule has 1 rings (SSSR count). The van der Waals surface area contributed by atoms with E-state index in [1.807, 2.05) is 31.7 Å². The Hall–Kier alpha value is -2.44. The van der Waals surface area contributed by atoms with Crippen molar-refractivity contribution < 1.29 is 14.7 Å². The number of nitrogens with zero attached hydrogens (tertiary/aromatic N) is 2. The van der Waals surface area contributed by atoms with E-state index >= 15 is 0 Å². The van der Waals surface area contributed by atoms with Gasteiger partial charge in [0.1, 0.15) is 0 Å². The van der Waals surface area contributed by atoms with Crippen molar-refractivity contribution in [2.45, 2.75) is 73.3 Å². The minimum atomic E-state index is -0.924. The number of hydrogen-bond donors (Lipinski definition) is 3. The van der Waals surface area contributed by atoms with Crippen LogP contribution in [0.4, 0.5) is 16.2 Å². The maximum Gasteiger partial charge on any atom is 0.407 e. The quantitative estimate of drug-likeness (QED) is 0.294. The van der Waals surface area contributed by atoms with Crippen molar-refractivity contribution in [1.82, 2.24) is 9.80 Å². The molecular formula is C25H44N4O3. The number of nitrogens with two attached hydrogens (primary N) is 1. The number of hydrogen-bond acceptors (Lipinski definition) is 4. The Morgan fingerprint density at radius 2 is 1.59 bits per heavy atom. The Kier molecular flexibility index (Phi) is 10.8. The third kappa shape index (κ3) is 9.37. The lowest BCUT2D eigenvalue weighted by molar-refractivity contribution is 0.0740. The van der Waals surface area contributed by atoms with E-state index in [2.05, 4.69) is 33.0 Å². The number of anilines is 2. The predicted molar refractivity (Wildman–Crippen MR) is 133 cm³/mol. The van der Waals surface area contributed by atoms with Gasteiger partial charge in [0.25, 0.3) is 5.91 Å². The highest BCUT2D eigenvalue weighted by atomic mass is 16.4. The maximum atomic E-state index is 13.2. The monoisotopic (exact) mass is 448 g/mol. The van der Waals surface area contributed by atoms with E-state index < -0.39 is 11.6 Å². The lowest BCUT2D eigenvalue weighted by Crippen LogP contribution is -2.45. The largest absolute Gasteiger partial charge is 0.465 e. The van der Waals surface area contributed by atoms with Crippen molar-refractivity contribution in [3.63, 3.8) is 0 Å². The highest BCUT2D eigenvalue weighted by molar-refractivity contribution is 5.96. The lowest BCUT2D eigenvalue weighted by atomic mass is 10.1. The molecule has 0 saturated heterocycles. The molecule has 0 aromatic heterocycles. The van der Waals surface area contributed by atoms with E-state index in [1.165, 1.54) is 4.90 Å². The molecule has 7 nitrogen and oxygen atoms in total. The maximum absolute atomic E-state index is 13.2. The van der Waals surface area contributed by atoms with Crippen LogP contribution in [0, 0.1) is 11.8 Å². The number of nitrogen functional groups attached to an aromatic ring is 1. The van der Waals surface area contributed by atoms with Crippen molar-refractivity contribution in [2.24, 2.45) is 11.8 Å². The molecule has 0 saturated carbocycles. The van der Waals surface area contributed by atoms with Gasteiger partial charge >= 0.3 is 6.09 Å². The summed E-state index contributed by atoms with van der Waals surface area (Å²) in [6, 6.07) is 5.36. The van der Waals surface area contributed by atoms with Crippen LogP contribution >= 0.6 is 0 Å². The molecule has 1 aromatic carbocycles. The molecular weight excluding hydrogens is 404 g/mol. The summed E-state index contributed by atoms with van der Waals surface area (Å²) in [6.45, 7) is 16.8. The van der Waals surface area contributed by atoms with E-state index in [4.69, 9.17) is 5.73 Å². The predicted octanol–water partition coefficient (Wildman–Crippen LogP) is 5.38. The molecule has 0 heterocycles. The second kappa shape index (κ2) is 12.6. The minimum absolute atomic E-state index is 0.0270. The zero-order valence-corrected chi connectivity index (χ0v) is 21.1. The van der Waals surface area contributed by atoms with Crippen molar-refractivity contribution in [3.05, 3.63) is 23.8 Å². The van der Waals surface area contributed by atoms with E-state index in [0.717, 1.165) is 25.9 Å². The summed E-state index contributed by atoms with van der Waals surface area (Å²) in [7, 11) is 0. The van der Waals surface area contributed by atoms with Gasteiger partial charge in [0.15, 0.2) is 0 Å². The molecule has 0 bridgehead atoms. The molecule has 0 aliphatic carbocycles. The third-order valence-corrected chi connectivity index (χ3v) is 5.45. The third-order valence-electron chi connectivity index (χ3n) is 5.45. The Morgan fingerprint density at radius 1 is 1.03 bits per heavy atom. The Bertz CT molecular complexity index is 729. The van der Waals surface area contributed by atoms with Crippen LogP contribution in [0.25, 0.3) is 0 Å². The topological polar surface area (TPSA) is 98.9 Å². The second-order valence-electron chi connectivity index (χ2n) is 10.3. The van der Waals surface area contributed by atoms with E-state index in [1.54, 1.807) is 12.1 Å². The molecule has 7 heteroatoms. The molecule has 0 spiro atoms. The van der Waals surface area contributed by atoms with Gasteiger partial charge in [-0.05, 0) is 70.1 Å². The Morgan fingerprint density at radius 3 is 2.06 bits per heavy atom. The number of nitrogens with one attached hydrogen (secondary N) is 1. The summed E-state index contributed by atoms with van der Waals surface area (Å²) in [5.41, 5.74) is 7.58. The number of carbonyl (C=O) groups is 2. The number of rotatable bonds is 12. The van der Waals surface area contributed by atoms with Crippen molar-refractivity contribution in [3.8, 4) is 0 Å². The first-order chi connectivity index (χ1) is 14.8. The second-order valence-corrected chi connectivity index (χ2v) is 10.3. The van der Waals surface area contributed by atoms with Crippen molar-refractivity contribution >= 4 is 23.4 Å². The Labute approximate surface area is 194 Å². The fourth-order valence-electron chi connectivity index (χ4n) is 3.35. The van der Waals surface area contributed by atoms with Gasteiger partial charge in [0, 0.05) is 37.3 Å². The first-order valence-corrected chi connectivity index (χ1v) is 11.8. The summed E-state index contributed by atoms with van der Waals surface area (Å²) in [5, 5.41) is 12.7. The highest BCUT2D eigenvalue weighted by Crippen LogP contribution is 2.22. The van der Waals surface area contributed by atoms with Crippen LogP contribution in [0.2, 0.25) is 0 Å². The zero-order valence-electron chi connectivity index (χ0n) is 21.1. The van der Waals surface area contributed by atoms with Gasteiger partial charge in [0.2, 0.25) is 0 Å². The normalized spacial score (nSPS) is 11.7. The van der Waals surface area contributed by atoms with Crippen LogP contribution in [-0.2, 0) is 0 Å². The fraction of sp³-hybridized carbons (Fsp3) is 0.680. The standard InChI is InChI=1S/C25H44N4O3/c1-18(2)11-15-28(16-12-19(3)4)23(30)20-9-10-21(26)22(17-20)27-13-8-14-29(24(31)32)25(5,6)7/h9-10,17-19,27H,8,11-16,26H2,1-7H3,(H,31,32). The van der Waals surface area contributed by atoms with Gasteiger partial charge in [-0.3, -0.25) is 4.79 Å². The molecule has 0 fully saturated rings. The lowest BCUT2D eigenvalue weighted by Gasteiger charge is -2.33. The van der Waals surface area contributed by atoms with Crippen molar-refractivity contribution in [1.29, 1.82) is 0 Å². The summed E-state index contributed by atoms with van der Waals surface area (Å²) < 4.78 is 0. The summed E-state index contributed by atoms with van der Waals surface area (Å²) in [4.78, 5) is 28.1. The van der Waals surface area contributed by atoms with Gasteiger partial charge in [0.05, 0.1) is 11.4 Å². The SMILES string of the molecule is CC(C)CCN(CCC(C)C)C(=O)c1ccc(N)c(NCCCN(C(=O)O)C(C)(C)C)c1. The molecule has 32 heavy (non-hydrogen) atoms. The van der Waals surface area contributed by atoms with E-state index in [9.17, 15) is 14.7 Å². The van der Waals surface area contributed by atoms with E-state index in [-0.39, 0.29) is 5.91 Å². The molecule has 1 aromatic rings. The number of carbonyl (C=O) groups excluding carboxylic acids is 1. The van der Waals surface area contributed by atoms with Crippen LogP contribution in [0.15, 0.2) is 18.2 Å². The minimum Gasteiger partial charge on any atom is -0.465 e. The van der Waals surface area contributed by atoms with Crippen LogP contribution in [-0.4, -0.2) is 58.6 Å². The van der Waals surface area contributed by atoms with Gasteiger partial charge < -0.3 is 26.0 Å². The van der Waals surface area contributed by atoms with Crippen molar-refractivity contribution in [2.75, 3.05) is 37.2 Å². The average molecular weight is 449 g/mol. The number of amides is 2. The molecule has 0 radical (unpaired) electrons. The fourth-order valence-corrected chi connectivity index (χ4v) is 3.35. The molecule has 0 atom stereocenters.